The average Bonchev–Trinajstić information content (AvgIpc) is 2.46. The Balaban J connectivity index is 2.51. The fraction of sp³-hybridized carbons (Fsp3) is 0.294. The van der Waals surface area contributed by atoms with E-state index in [4.69, 9.17) is 0 Å². The van der Waals surface area contributed by atoms with Gasteiger partial charge >= 0.3 is 0 Å². The standard InChI is InChI=1S/C17H20F2N2/c1-4-20-17(16-14(18)9-6-10-15(16)19)12-7-5-8-13(11-12)21(2)3/h5-11,17,20H,4H2,1-3H3. The summed E-state index contributed by atoms with van der Waals surface area (Å²) in [5, 5.41) is 3.16. The zero-order valence-electron chi connectivity index (χ0n) is 12.5. The van der Waals surface area contributed by atoms with Gasteiger partial charge in [-0.3, -0.25) is 0 Å². The van der Waals surface area contributed by atoms with E-state index in [9.17, 15) is 8.78 Å². The van der Waals surface area contributed by atoms with Crippen molar-refractivity contribution >= 4 is 5.69 Å². The van der Waals surface area contributed by atoms with Gasteiger partial charge in [-0.05, 0) is 36.4 Å². The van der Waals surface area contributed by atoms with Gasteiger partial charge in [0.25, 0.3) is 0 Å². The summed E-state index contributed by atoms with van der Waals surface area (Å²) >= 11 is 0. The number of benzene rings is 2. The zero-order valence-corrected chi connectivity index (χ0v) is 12.5. The van der Waals surface area contributed by atoms with Crippen LogP contribution in [0, 0.1) is 11.6 Å². The van der Waals surface area contributed by atoms with Gasteiger partial charge in [0.1, 0.15) is 11.6 Å². The van der Waals surface area contributed by atoms with Crippen molar-refractivity contribution in [3.63, 3.8) is 0 Å². The molecule has 0 fully saturated rings. The highest BCUT2D eigenvalue weighted by Gasteiger charge is 2.21. The van der Waals surface area contributed by atoms with Crippen molar-refractivity contribution in [3.05, 3.63) is 65.2 Å². The third-order valence-corrected chi connectivity index (χ3v) is 3.42. The molecule has 2 nitrogen and oxygen atoms in total. The van der Waals surface area contributed by atoms with Gasteiger partial charge < -0.3 is 10.2 Å². The summed E-state index contributed by atoms with van der Waals surface area (Å²) in [6.07, 6.45) is 0. The molecule has 0 aliphatic carbocycles. The first kappa shape index (κ1) is 15.4. The summed E-state index contributed by atoms with van der Waals surface area (Å²) < 4.78 is 28.2. The summed E-state index contributed by atoms with van der Waals surface area (Å²) in [5.41, 5.74) is 1.90. The van der Waals surface area contributed by atoms with Gasteiger partial charge in [0.05, 0.1) is 6.04 Å². The Morgan fingerprint density at radius 3 is 2.24 bits per heavy atom. The Morgan fingerprint density at radius 1 is 1.05 bits per heavy atom. The molecule has 0 amide bonds. The Hall–Kier alpha value is -1.94. The van der Waals surface area contributed by atoms with Crippen LogP contribution < -0.4 is 10.2 Å². The van der Waals surface area contributed by atoms with E-state index in [-0.39, 0.29) is 5.56 Å². The number of anilines is 1. The topological polar surface area (TPSA) is 15.3 Å². The van der Waals surface area contributed by atoms with Gasteiger partial charge in [0.2, 0.25) is 0 Å². The van der Waals surface area contributed by atoms with Crippen molar-refractivity contribution in [1.82, 2.24) is 5.32 Å². The molecule has 0 radical (unpaired) electrons. The first-order valence-corrected chi connectivity index (χ1v) is 6.99. The van der Waals surface area contributed by atoms with E-state index in [1.54, 1.807) is 0 Å². The molecule has 2 aromatic rings. The quantitative estimate of drug-likeness (QED) is 0.902. The van der Waals surface area contributed by atoms with Gasteiger partial charge in [-0.25, -0.2) is 8.78 Å². The van der Waals surface area contributed by atoms with Crippen molar-refractivity contribution in [1.29, 1.82) is 0 Å². The van der Waals surface area contributed by atoms with Crippen LogP contribution in [0.15, 0.2) is 42.5 Å². The Labute approximate surface area is 124 Å². The lowest BCUT2D eigenvalue weighted by atomic mass is 9.97. The maximum absolute atomic E-state index is 14.1. The largest absolute Gasteiger partial charge is 0.378 e. The second kappa shape index (κ2) is 6.68. The molecule has 0 saturated carbocycles. The molecule has 0 aliphatic rings. The van der Waals surface area contributed by atoms with Crippen molar-refractivity contribution in [2.75, 3.05) is 25.5 Å². The fourth-order valence-corrected chi connectivity index (χ4v) is 2.36. The molecule has 21 heavy (non-hydrogen) atoms. The first-order chi connectivity index (χ1) is 10.0. The summed E-state index contributed by atoms with van der Waals surface area (Å²) in [5.74, 6) is -1.06. The minimum absolute atomic E-state index is 0.0651. The average molecular weight is 290 g/mol. The molecule has 0 bridgehead atoms. The van der Waals surface area contributed by atoms with Crippen LogP contribution in [-0.2, 0) is 0 Å². The summed E-state index contributed by atoms with van der Waals surface area (Å²) in [6.45, 7) is 2.53. The van der Waals surface area contributed by atoms with Gasteiger partial charge in [0.15, 0.2) is 0 Å². The smallest absolute Gasteiger partial charge is 0.131 e. The number of nitrogens with one attached hydrogen (secondary N) is 1. The van der Waals surface area contributed by atoms with E-state index in [1.165, 1.54) is 18.2 Å². The van der Waals surface area contributed by atoms with E-state index in [2.05, 4.69) is 5.32 Å². The molecule has 1 atom stereocenters. The SMILES string of the molecule is CCNC(c1cccc(N(C)C)c1)c1c(F)cccc1F. The predicted octanol–water partition coefficient (Wildman–Crippen LogP) is 3.73. The second-order valence-electron chi connectivity index (χ2n) is 5.12. The van der Waals surface area contributed by atoms with Crippen LogP contribution in [-0.4, -0.2) is 20.6 Å². The second-order valence-corrected chi connectivity index (χ2v) is 5.12. The third-order valence-electron chi connectivity index (χ3n) is 3.42. The van der Waals surface area contributed by atoms with Crippen molar-refractivity contribution < 1.29 is 8.78 Å². The zero-order chi connectivity index (χ0) is 15.4. The summed E-state index contributed by atoms with van der Waals surface area (Å²) in [7, 11) is 3.87. The number of halogens is 2. The monoisotopic (exact) mass is 290 g/mol. The number of hydrogen-bond donors (Lipinski definition) is 1. The highest BCUT2D eigenvalue weighted by atomic mass is 19.1. The van der Waals surface area contributed by atoms with E-state index >= 15 is 0 Å². The van der Waals surface area contributed by atoms with Crippen LogP contribution in [0.2, 0.25) is 0 Å². The number of rotatable bonds is 5. The minimum Gasteiger partial charge on any atom is -0.378 e. The van der Waals surface area contributed by atoms with E-state index in [0.717, 1.165) is 11.3 Å². The maximum Gasteiger partial charge on any atom is 0.131 e. The lowest BCUT2D eigenvalue weighted by Crippen LogP contribution is -2.24. The van der Waals surface area contributed by atoms with Crippen LogP contribution in [0.25, 0.3) is 0 Å². The van der Waals surface area contributed by atoms with Crippen molar-refractivity contribution in [3.8, 4) is 0 Å². The highest BCUT2D eigenvalue weighted by Crippen LogP contribution is 2.28. The highest BCUT2D eigenvalue weighted by molar-refractivity contribution is 5.49. The van der Waals surface area contributed by atoms with Crippen molar-refractivity contribution in [2.24, 2.45) is 0 Å². The lowest BCUT2D eigenvalue weighted by Gasteiger charge is -2.22. The summed E-state index contributed by atoms with van der Waals surface area (Å²) in [4.78, 5) is 1.96. The first-order valence-electron chi connectivity index (χ1n) is 6.99. The van der Waals surface area contributed by atoms with Crippen molar-refractivity contribution in [2.45, 2.75) is 13.0 Å². The molecule has 0 heterocycles. The normalized spacial score (nSPS) is 12.2. The van der Waals surface area contributed by atoms with Crippen LogP contribution in [0.5, 0.6) is 0 Å². The fourth-order valence-electron chi connectivity index (χ4n) is 2.36. The molecular weight excluding hydrogens is 270 g/mol. The molecule has 0 spiro atoms. The third kappa shape index (κ3) is 3.39. The van der Waals surface area contributed by atoms with Crippen LogP contribution >= 0.6 is 0 Å². The maximum atomic E-state index is 14.1. The van der Waals surface area contributed by atoms with Gasteiger partial charge in [-0.15, -0.1) is 0 Å². The van der Waals surface area contributed by atoms with Gasteiger partial charge in [0, 0.05) is 25.3 Å². The van der Waals surface area contributed by atoms with Gasteiger partial charge in [-0.2, -0.15) is 0 Å². The van der Waals surface area contributed by atoms with Crippen LogP contribution in [0.3, 0.4) is 0 Å². The van der Waals surface area contributed by atoms with E-state index in [0.29, 0.717) is 6.54 Å². The van der Waals surface area contributed by atoms with Gasteiger partial charge in [-0.1, -0.05) is 25.1 Å². The van der Waals surface area contributed by atoms with E-state index in [1.807, 2.05) is 50.2 Å². The number of nitrogens with zero attached hydrogens (tertiary/aromatic N) is 1. The molecule has 0 aliphatic heterocycles. The predicted molar refractivity (Wildman–Crippen MR) is 82.6 cm³/mol. The molecule has 0 saturated heterocycles. The Kier molecular flexibility index (Phi) is 4.91. The lowest BCUT2D eigenvalue weighted by molar-refractivity contribution is 0.510. The molecule has 2 rings (SSSR count). The van der Waals surface area contributed by atoms with Crippen LogP contribution in [0.4, 0.5) is 14.5 Å². The Bertz CT molecular complexity index is 591. The molecule has 2 aromatic carbocycles. The summed E-state index contributed by atoms with van der Waals surface area (Å²) in [6, 6.07) is 11.1. The minimum atomic E-state index is -0.531. The number of hydrogen-bond acceptors (Lipinski definition) is 2. The molecule has 112 valence electrons. The molecule has 1 unspecified atom stereocenters. The van der Waals surface area contributed by atoms with Crippen LogP contribution in [0.1, 0.15) is 24.1 Å². The Morgan fingerprint density at radius 2 is 1.67 bits per heavy atom. The molecule has 0 aromatic heterocycles. The molecule has 1 N–H and O–H groups in total. The molecular formula is C17H20F2N2. The van der Waals surface area contributed by atoms with E-state index < -0.39 is 17.7 Å². The molecule has 4 heteroatoms.